The monoisotopic (exact) mass is 564 g/mol. The van der Waals surface area contributed by atoms with E-state index in [-0.39, 0.29) is 11.7 Å². The fraction of sp³-hybridized carbons (Fsp3) is 0.281. The first-order valence-electron chi connectivity index (χ1n) is 13.9. The molecule has 3 aromatic heterocycles. The summed E-state index contributed by atoms with van der Waals surface area (Å²) in [6, 6.07) is 19.2. The molecule has 0 saturated carbocycles. The molecule has 1 fully saturated rings. The predicted octanol–water partition coefficient (Wildman–Crippen LogP) is 5.68. The number of aromatic carboxylic acids is 1. The molecule has 5 aromatic rings. The van der Waals surface area contributed by atoms with Crippen LogP contribution in [0.3, 0.4) is 0 Å². The minimum Gasteiger partial charge on any atom is -0.478 e. The first-order valence-corrected chi connectivity index (χ1v) is 13.9. The van der Waals surface area contributed by atoms with Crippen LogP contribution in [0.2, 0.25) is 0 Å². The number of hydrogen-bond acceptors (Lipinski definition) is 7. The highest BCUT2D eigenvalue weighted by atomic mass is 16.6. The number of benzene rings is 2. The Morgan fingerprint density at radius 3 is 2.38 bits per heavy atom. The number of carboxylic acids is 1. The van der Waals surface area contributed by atoms with Crippen molar-refractivity contribution >= 4 is 34.3 Å². The number of carboxylic acid groups (broad SMARTS) is 1. The van der Waals surface area contributed by atoms with Gasteiger partial charge >= 0.3 is 12.1 Å². The number of anilines is 1. The molecule has 42 heavy (non-hydrogen) atoms. The maximum Gasteiger partial charge on any atom is 0.410 e. The van der Waals surface area contributed by atoms with Crippen LogP contribution in [0.5, 0.6) is 0 Å². The van der Waals surface area contributed by atoms with Crippen molar-refractivity contribution in [1.29, 1.82) is 0 Å². The third kappa shape index (κ3) is 5.23. The second-order valence-corrected chi connectivity index (χ2v) is 11.4. The number of fused-ring (bicyclic) bond motifs is 2. The Morgan fingerprint density at radius 1 is 0.952 bits per heavy atom. The summed E-state index contributed by atoms with van der Waals surface area (Å²) in [5.41, 5.74) is 5.95. The molecule has 0 aliphatic carbocycles. The summed E-state index contributed by atoms with van der Waals surface area (Å²) in [6.45, 7) is 10.3. The van der Waals surface area contributed by atoms with E-state index in [1.807, 2.05) is 52.0 Å². The number of para-hydroxylation sites is 1. The molecule has 6 rings (SSSR count). The number of rotatable bonds is 4. The van der Waals surface area contributed by atoms with Crippen molar-refractivity contribution in [2.45, 2.75) is 33.3 Å². The maximum atomic E-state index is 12.4. The van der Waals surface area contributed by atoms with Gasteiger partial charge < -0.3 is 19.6 Å². The summed E-state index contributed by atoms with van der Waals surface area (Å²) in [4.78, 5) is 37.4. The smallest absolute Gasteiger partial charge is 0.410 e. The van der Waals surface area contributed by atoms with Crippen molar-refractivity contribution in [3.8, 4) is 22.5 Å². The molecule has 1 aliphatic rings. The number of ether oxygens (including phenoxy) is 1. The van der Waals surface area contributed by atoms with Gasteiger partial charge in [-0.15, -0.1) is 0 Å². The van der Waals surface area contributed by atoms with E-state index in [0.29, 0.717) is 35.6 Å². The number of nitrogens with zero attached hydrogens (tertiary/aromatic N) is 6. The molecule has 4 heterocycles. The zero-order valence-electron chi connectivity index (χ0n) is 24.0. The predicted molar refractivity (Wildman–Crippen MR) is 161 cm³/mol. The number of hydrogen-bond donors (Lipinski definition) is 1. The van der Waals surface area contributed by atoms with Gasteiger partial charge in [-0.25, -0.2) is 24.1 Å². The Balaban J connectivity index is 1.22. The Morgan fingerprint density at radius 2 is 1.69 bits per heavy atom. The molecule has 0 spiro atoms. The van der Waals surface area contributed by atoms with Crippen LogP contribution in [0.15, 0.2) is 66.9 Å². The molecular weight excluding hydrogens is 532 g/mol. The minimum atomic E-state index is -1.02. The molecule has 0 bridgehead atoms. The van der Waals surface area contributed by atoms with E-state index < -0.39 is 11.6 Å². The summed E-state index contributed by atoms with van der Waals surface area (Å²) in [5, 5.41) is 15.2. The van der Waals surface area contributed by atoms with Crippen LogP contribution in [0, 0.1) is 6.92 Å². The van der Waals surface area contributed by atoms with Crippen molar-refractivity contribution < 1.29 is 19.4 Å². The van der Waals surface area contributed by atoms with Crippen molar-refractivity contribution in [1.82, 2.24) is 24.5 Å². The van der Waals surface area contributed by atoms with Crippen LogP contribution in [0.1, 0.15) is 36.8 Å². The average Bonchev–Trinajstić information content (AvgIpc) is 3.38. The third-order valence-corrected chi connectivity index (χ3v) is 7.37. The SMILES string of the molecule is Cc1nn2c(-c3ccc4cccc(C(=O)O)c4n3)cnc2cc1-c1ccc(N2CCN(C(=O)OC(C)(C)C)CC2)cc1. The maximum absolute atomic E-state index is 12.4. The number of imidazole rings is 1. The van der Waals surface area contributed by atoms with Gasteiger partial charge in [-0.3, -0.25) is 0 Å². The molecule has 10 heteroatoms. The van der Waals surface area contributed by atoms with E-state index in [9.17, 15) is 14.7 Å². The lowest BCUT2D eigenvalue weighted by molar-refractivity contribution is 0.0240. The number of aromatic nitrogens is 4. The Hall–Kier alpha value is -4.99. The lowest BCUT2D eigenvalue weighted by Gasteiger charge is -2.36. The van der Waals surface area contributed by atoms with Crippen molar-refractivity contribution in [2.24, 2.45) is 0 Å². The molecule has 0 atom stereocenters. The molecule has 1 saturated heterocycles. The first kappa shape index (κ1) is 27.2. The van der Waals surface area contributed by atoms with Crippen LogP contribution >= 0.6 is 0 Å². The largest absolute Gasteiger partial charge is 0.478 e. The van der Waals surface area contributed by atoms with Gasteiger partial charge in [0.25, 0.3) is 0 Å². The molecular formula is C32H32N6O4. The minimum absolute atomic E-state index is 0.156. The van der Waals surface area contributed by atoms with Crippen molar-refractivity contribution in [2.75, 3.05) is 31.1 Å². The van der Waals surface area contributed by atoms with Crippen LogP contribution in [-0.4, -0.2) is 73.4 Å². The molecule has 1 aliphatic heterocycles. The second kappa shape index (κ2) is 10.4. The fourth-order valence-corrected chi connectivity index (χ4v) is 5.26. The number of amides is 1. The normalized spacial score (nSPS) is 14.0. The van der Waals surface area contributed by atoms with E-state index in [0.717, 1.165) is 41.0 Å². The molecule has 2 aromatic carbocycles. The first-order chi connectivity index (χ1) is 20.1. The highest BCUT2D eigenvalue weighted by Crippen LogP contribution is 2.29. The summed E-state index contributed by atoms with van der Waals surface area (Å²) in [7, 11) is 0. The number of aryl methyl sites for hydroxylation is 1. The van der Waals surface area contributed by atoms with Crippen molar-refractivity contribution in [3.05, 3.63) is 78.1 Å². The summed E-state index contributed by atoms with van der Waals surface area (Å²) >= 11 is 0. The van der Waals surface area contributed by atoms with Crippen molar-refractivity contribution in [3.63, 3.8) is 0 Å². The van der Waals surface area contributed by atoms with E-state index in [1.165, 1.54) is 0 Å². The van der Waals surface area contributed by atoms with Crippen LogP contribution in [0.25, 0.3) is 39.1 Å². The van der Waals surface area contributed by atoms with Gasteiger partial charge in [0.05, 0.1) is 28.7 Å². The number of carbonyl (C=O) groups excluding carboxylic acids is 1. The Kier molecular flexibility index (Phi) is 6.76. The average molecular weight is 565 g/mol. The van der Waals surface area contributed by atoms with Gasteiger partial charge in [0.15, 0.2) is 5.65 Å². The molecule has 0 unspecified atom stereocenters. The second-order valence-electron chi connectivity index (χ2n) is 11.4. The van der Waals surface area contributed by atoms with Gasteiger partial charge in [-0.05, 0) is 63.6 Å². The topological polar surface area (TPSA) is 113 Å². The Bertz CT molecular complexity index is 1820. The van der Waals surface area contributed by atoms with E-state index in [1.54, 1.807) is 27.7 Å². The van der Waals surface area contributed by atoms with Gasteiger partial charge in [0.2, 0.25) is 0 Å². The highest BCUT2D eigenvalue weighted by molar-refractivity contribution is 6.02. The lowest BCUT2D eigenvalue weighted by Crippen LogP contribution is -2.50. The van der Waals surface area contributed by atoms with Gasteiger partial charge in [0, 0.05) is 42.8 Å². The van der Waals surface area contributed by atoms with Crippen LogP contribution in [-0.2, 0) is 4.74 Å². The van der Waals surface area contributed by atoms with E-state index >= 15 is 0 Å². The molecule has 214 valence electrons. The zero-order chi connectivity index (χ0) is 29.6. The summed E-state index contributed by atoms with van der Waals surface area (Å²) in [6.07, 6.45) is 1.45. The summed E-state index contributed by atoms with van der Waals surface area (Å²) in [5.74, 6) is -1.02. The van der Waals surface area contributed by atoms with Crippen LogP contribution < -0.4 is 4.90 Å². The summed E-state index contributed by atoms with van der Waals surface area (Å²) < 4.78 is 7.26. The number of carbonyl (C=O) groups is 2. The lowest BCUT2D eigenvalue weighted by atomic mass is 10.0. The number of pyridine rings is 1. The van der Waals surface area contributed by atoms with Crippen LogP contribution in [0.4, 0.5) is 10.5 Å². The van der Waals surface area contributed by atoms with E-state index in [2.05, 4.69) is 39.1 Å². The van der Waals surface area contributed by atoms with Gasteiger partial charge in [0.1, 0.15) is 11.3 Å². The number of piperazine rings is 1. The zero-order valence-corrected chi connectivity index (χ0v) is 24.0. The highest BCUT2D eigenvalue weighted by Gasteiger charge is 2.26. The Labute approximate surface area is 243 Å². The molecule has 1 N–H and O–H groups in total. The molecule has 1 amide bonds. The quantitative estimate of drug-likeness (QED) is 0.297. The standard InChI is InChI=1S/C32H32N6O4/c1-20-25(21-8-11-23(12-9-21)36-14-16-37(17-15-36)31(41)42-32(2,3)4)18-28-33-19-27(38(28)35-20)26-13-10-22-6-5-7-24(30(39)40)29(22)34-26/h5-13,18-19H,14-17H2,1-4H3,(H,39,40). The van der Waals surface area contributed by atoms with Gasteiger partial charge in [-0.1, -0.05) is 30.3 Å². The molecule has 0 radical (unpaired) electrons. The fourth-order valence-electron chi connectivity index (χ4n) is 5.26. The third-order valence-electron chi connectivity index (χ3n) is 7.37. The van der Waals surface area contributed by atoms with Gasteiger partial charge in [-0.2, -0.15) is 5.10 Å². The van der Waals surface area contributed by atoms with E-state index in [4.69, 9.17) is 9.84 Å². The molecule has 10 nitrogen and oxygen atoms in total.